The summed E-state index contributed by atoms with van der Waals surface area (Å²) in [6.07, 6.45) is 3.47. The molecule has 0 spiro atoms. The summed E-state index contributed by atoms with van der Waals surface area (Å²) in [7, 11) is -3.67. The lowest BCUT2D eigenvalue weighted by Gasteiger charge is -2.28. The topological polar surface area (TPSA) is 96.8 Å². The van der Waals surface area contributed by atoms with Crippen LogP contribution >= 0.6 is 0 Å². The molecular weight excluding hydrogens is 406 g/mol. The van der Waals surface area contributed by atoms with Crippen LogP contribution in [0, 0.1) is 6.92 Å². The van der Waals surface area contributed by atoms with Gasteiger partial charge in [-0.05, 0) is 44.5 Å². The van der Waals surface area contributed by atoms with Gasteiger partial charge in [0.25, 0.3) is 0 Å². The summed E-state index contributed by atoms with van der Waals surface area (Å²) < 4.78 is 34.4. The molecule has 1 aliphatic rings. The number of morpholine rings is 1. The third-order valence-corrected chi connectivity index (χ3v) is 6.92. The zero-order valence-corrected chi connectivity index (χ0v) is 18.5. The second-order valence-electron chi connectivity index (χ2n) is 7.13. The average molecular weight is 436 g/mol. The Morgan fingerprint density at radius 2 is 1.93 bits per heavy atom. The van der Waals surface area contributed by atoms with Crippen LogP contribution in [-0.2, 0) is 26.1 Å². The molecule has 1 amide bonds. The molecule has 0 radical (unpaired) electrons. The molecule has 2 aromatic rings. The number of benzene rings is 1. The first-order valence-electron chi connectivity index (χ1n) is 10.1. The van der Waals surface area contributed by atoms with E-state index in [4.69, 9.17) is 4.74 Å². The highest BCUT2D eigenvalue weighted by atomic mass is 32.2. The number of aryl methyl sites for hydroxylation is 1. The normalized spacial score (nSPS) is 15.2. The number of ether oxygens (including phenoxy) is 1. The molecule has 3 rings (SSSR count). The molecule has 2 heterocycles. The van der Waals surface area contributed by atoms with Gasteiger partial charge in [0.2, 0.25) is 15.9 Å². The molecule has 10 heteroatoms. The minimum Gasteiger partial charge on any atom is -0.379 e. The van der Waals surface area contributed by atoms with E-state index in [-0.39, 0.29) is 17.3 Å². The van der Waals surface area contributed by atoms with E-state index in [0.717, 1.165) is 24.3 Å². The first kappa shape index (κ1) is 22.3. The highest BCUT2D eigenvalue weighted by Gasteiger charge is 2.27. The number of carbonyl (C=O) groups excluding carboxylic acids is 1. The molecule has 1 aromatic heterocycles. The standard InChI is InChI=1S/C20H29N5O4S/c1-4-23(5-2)19-7-6-17(30(27,28)25-8-10-29-11-9-25)12-18(19)22-20(26)15-24-14-16(3)13-21-24/h6-7,12-14H,4-5,8-11,15H2,1-3H3,(H,22,26). The molecular formula is C20H29N5O4S. The molecule has 0 unspecified atom stereocenters. The maximum atomic E-state index is 13.1. The zero-order valence-electron chi connectivity index (χ0n) is 17.7. The molecule has 30 heavy (non-hydrogen) atoms. The van der Waals surface area contributed by atoms with Crippen LogP contribution in [0.25, 0.3) is 0 Å². The second-order valence-corrected chi connectivity index (χ2v) is 9.07. The Morgan fingerprint density at radius 3 is 2.53 bits per heavy atom. The summed E-state index contributed by atoms with van der Waals surface area (Å²) in [5, 5.41) is 7.02. The van der Waals surface area contributed by atoms with Crippen LogP contribution in [0.1, 0.15) is 19.4 Å². The number of hydrogen-bond acceptors (Lipinski definition) is 6. The Morgan fingerprint density at radius 1 is 1.23 bits per heavy atom. The molecule has 164 valence electrons. The molecule has 1 aliphatic heterocycles. The Balaban J connectivity index is 1.91. The van der Waals surface area contributed by atoms with Crippen molar-refractivity contribution >= 4 is 27.3 Å². The highest BCUT2D eigenvalue weighted by molar-refractivity contribution is 7.89. The van der Waals surface area contributed by atoms with Gasteiger partial charge in [-0.3, -0.25) is 9.48 Å². The minimum atomic E-state index is -3.67. The predicted octanol–water partition coefficient (Wildman–Crippen LogP) is 1.70. The first-order valence-corrected chi connectivity index (χ1v) is 11.5. The van der Waals surface area contributed by atoms with E-state index in [1.807, 2.05) is 20.8 Å². The fraction of sp³-hybridized carbons (Fsp3) is 0.500. The summed E-state index contributed by atoms with van der Waals surface area (Å²) in [6, 6.07) is 4.91. The number of nitrogens with zero attached hydrogens (tertiary/aromatic N) is 4. The van der Waals surface area contributed by atoms with E-state index in [2.05, 4.69) is 15.3 Å². The molecule has 1 fully saturated rings. The third kappa shape index (κ3) is 5.00. The smallest absolute Gasteiger partial charge is 0.246 e. The van der Waals surface area contributed by atoms with Gasteiger partial charge in [0.05, 0.1) is 35.7 Å². The fourth-order valence-electron chi connectivity index (χ4n) is 3.44. The Labute approximate surface area is 177 Å². The number of nitrogens with one attached hydrogen (secondary N) is 1. The van der Waals surface area contributed by atoms with Crippen molar-refractivity contribution in [3.63, 3.8) is 0 Å². The van der Waals surface area contributed by atoms with Gasteiger partial charge in [-0.2, -0.15) is 9.40 Å². The second kappa shape index (κ2) is 9.59. The molecule has 0 bridgehead atoms. The lowest BCUT2D eigenvalue weighted by Crippen LogP contribution is -2.40. The van der Waals surface area contributed by atoms with Gasteiger partial charge < -0.3 is 15.0 Å². The van der Waals surface area contributed by atoms with Gasteiger partial charge in [0.15, 0.2) is 0 Å². The summed E-state index contributed by atoms with van der Waals surface area (Å²) in [5.41, 5.74) is 2.22. The van der Waals surface area contributed by atoms with Gasteiger partial charge in [0, 0.05) is 32.4 Å². The SMILES string of the molecule is CCN(CC)c1ccc(S(=O)(=O)N2CCOCC2)cc1NC(=O)Cn1cc(C)cn1. The van der Waals surface area contributed by atoms with Crippen LogP contribution in [0.5, 0.6) is 0 Å². The van der Waals surface area contributed by atoms with Crippen molar-refractivity contribution < 1.29 is 17.9 Å². The lowest BCUT2D eigenvalue weighted by molar-refractivity contribution is -0.116. The fourth-order valence-corrected chi connectivity index (χ4v) is 4.88. The van der Waals surface area contributed by atoms with Gasteiger partial charge in [0.1, 0.15) is 6.54 Å². The van der Waals surface area contributed by atoms with Crippen molar-refractivity contribution in [3.8, 4) is 0 Å². The lowest BCUT2D eigenvalue weighted by atomic mass is 10.2. The molecule has 0 atom stereocenters. The van der Waals surface area contributed by atoms with Crippen molar-refractivity contribution in [2.45, 2.75) is 32.2 Å². The van der Waals surface area contributed by atoms with Crippen LogP contribution in [0.15, 0.2) is 35.5 Å². The van der Waals surface area contributed by atoms with Gasteiger partial charge in [-0.25, -0.2) is 8.42 Å². The van der Waals surface area contributed by atoms with E-state index >= 15 is 0 Å². The molecule has 9 nitrogen and oxygen atoms in total. The Hall–Kier alpha value is -2.43. The monoisotopic (exact) mass is 435 g/mol. The average Bonchev–Trinajstić information content (AvgIpc) is 3.14. The number of sulfonamides is 1. The quantitative estimate of drug-likeness (QED) is 0.678. The number of hydrogen-bond donors (Lipinski definition) is 1. The van der Waals surface area contributed by atoms with Crippen molar-refractivity contribution in [1.82, 2.24) is 14.1 Å². The molecule has 1 N–H and O–H groups in total. The van der Waals surface area contributed by atoms with E-state index in [0.29, 0.717) is 32.0 Å². The number of carbonyl (C=O) groups is 1. The summed E-state index contributed by atoms with van der Waals surface area (Å²) in [5.74, 6) is -0.271. The number of amides is 1. The molecule has 0 aliphatic carbocycles. The zero-order chi connectivity index (χ0) is 21.7. The van der Waals surface area contributed by atoms with Crippen molar-refractivity contribution in [2.75, 3.05) is 49.6 Å². The van der Waals surface area contributed by atoms with Crippen LogP contribution in [0.2, 0.25) is 0 Å². The van der Waals surface area contributed by atoms with Crippen molar-refractivity contribution in [2.24, 2.45) is 0 Å². The molecule has 0 saturated carbocycles. The van der Waals surface area contributed by atoms with E-state index in [1.165, 1.54) is 4.31 Å². The van der Waals surface area contributed by atoms with Crippen molar-refractivity contribution in [3.05, 3.63) is 36.2 Å². The van der Waals surface area contributed by atoms with Gasteiger partial charge >= 0.3 is 0 Å². The maximum absolute atomic E-state index is 13.1. The van der Waals surface area contributed by atoms with Crippen LogP contribution in [0.3, 0.4) is 0 Å². The largest absolute Gasteiger partial charge is 0.379 e. The summed E-state index contributed by atoms with van der Waals surface area (Å²) in [6.45, 7) is 8.83. The first-order chi connectivity index (χ1) is 14.3. The number of aromatic nitrogens is 2. The van der Waals surface area contributed by atoms with Gasteiger partial charge in [-0.1, -0.05) is 0 Å². The highest BCUT2D eigenvalue weighted by Crippen LogP contribution is 2.30. The number of anilines is 2. The predicted molar refractivity (Wildman–Crippen MR) is 115 cm³/mol. The van der Waals surface area contributed by atoms with E-state index in [9.17, 15) is 13.2 Å². The van der Waals surface area contributed by atoms with Gasteiger partial charge in [-0.15, -0.1) is 0 Å². The maximum Gasteiger partial charge on any atom is 0.246 e. The van der Waals surface area contributed by atoms with Crippen LogP contribution in [0.4, 0.5) is 11.4 Å². The third-order valence-electron chi connectivity index (χ3n) is 5.02. The van der Waals surface area contributed by atoms with E-state index in [1.54, 1.807) is 35.3 Å². The molecule has 1 aromatic carbocycles. The van der Waals surface area contributed by atoms with Crippen molar-refractivity contribution in [1.29, 1.82) is 0 Å². The summed E-state index contributed by atoms with van der Waals surface area (Å²) in [4.78, 5) is 14.9. The molecule has 1 saturated heterocycles. The number of rotatable bonds is 8. The Kier molecular flexibility index (Phi) is 7.11. The van der Waals surface area contributed by atoms with Crippen LogP contribution in [-0.4, -0.2) is 67.8 Å². The minimum absolute atomic E-state index is 0.0476. The Bertz CT molecular complexity index is 979. The van der Waals surface area contributed by atoms with Crippen LogP contribution < -0.4 is 10.2 Å². The van der Waals surface area contributed by atoms with E-state index < -0.39 is 10.0 Å². The summed E-state index contributed by atoms with van der Waals surface area (Å²) >= 11 is 0.